The standard InChI is InChI=1S/C17H23NO/c1-13-8-10-16(14(2)12-13)18-17(19)11-9-15-6-4-3-5-7-15/h8-12,15H,3-7H2,1-2H3,(H,18,19)/b11-9+. The lowest BCUT2D eigenvalue weighted by Crippen LogP contribution is -2.10. The van der Waals surface area contributed by atoms with E-state index in [0.29, 0.717) is 5.92 Å². The molecule has 0 spiro atoms. The van der Waals surface area contributed by atoms with Gasteiger partial charge in [0.15, 0.2) is 0 Å². The van der Waals surface area contributed by atoms with Crippen LogP contribution in [0.15, 0.2) is 30.4 Å². The molecule has 0 aromatic heterocycles. The van der Waals surface area contributed by atoms with Crippen molar-refractivity contribution in [2.45, 2.75) is 46.0 Å². The van der Waals surface area contributed by atoms with Gasteiger partial charge in [-0.25, -0.2) is 0 Å². The average Bonchev–Trinajstić information content (AvgIpc) is 2.41. The molecule has 0 saturated heterocycles. The van der Waals surface area contributed by atoms with Crippen LogP contribution in [0.25, 0.3) is 0 Å². The third-order valence-electron chi connectivity index (χ3n) is 3.81. The molecule has 1 aromatic rings. The highest BCUT2D eigenvalue weighted by Gasteiger charge is 2.10. The lowest BCUT2D eigenvalue weighted by molar-refractivity contribution is -0.111. The van der Waals surface area contributed by atoms with Gasteiger partial charge in [0.05, 0.1) is 0 Å². The van der Waals surface area contributed by atoms with Crippen LogP contribution in [0.5, 0.6) is 0 Å². The summed E-state index contributed by atoms with van der Waals surface area (Å²) < 4.78 is 0. The first kappa shape index (κ1) is 13.9. The summed E-state index contributed by atoms with van der Waals surface area (Å²) in [5, 5.41) is 2.95. The minimum atomic E-state index is -0.0162. The molecular weight excluding hydrogens is 234 g/mol. The van der Waals surface area contributed by atoms with Gasteiger partial charge in [-0.15, -0.1) is 0 Å². The SMILES string of the molecule is Cc1ccc(NC(=O)/C=C/C2CCCCC2)c(C)c1. The van der Waals surface area contributed by atoms with Gasteiger partial charge in [0.1, 0.15) is 0 Å². The Morgan fingerprint density at radius 1 is 1.21 bits per heavy atom. The van der Waals surface area contributed by atoms with Crippen molar-refractivity contribution in [3.8, 4) is 0 Å². The maximum Gasteiger partial charge on any atom is 0.248 e. The molecule has 1 fully saturated rings. The van der Waals surface area contributed by atoms with Crippen LogP contribution in [0.4, 0.5) is 5.69 Å². The van der Waals surface area contributed by atoms with Gasteiger partial charge in [-0.3, -0.25) is 4.79 Å². The van der Waals surface area contributed by atoms with Gasteiger partial charge < -0.3 is 5.32 Å². The first-order valence-corrected chi connectivity index (χ1v) is 7.21. The van der Waals surface area contributed by atoms with Crippen LogP contribution in [0, 0.1) is 19.8 Å². The lowest BCUT2D eigenvalue weighted by atomic mass is 9.89. The quantitative estimate of drug-likeness (QED) is 0.800. The summed E-state index contributed by atoms with van der Waals surface area (Å²) in [5.74, 6) is 0.580. The van der Waals surface area contributed by atoms with Crippen molar-refractivity contribution in [3.05, 3.63) is 41.5 Å². The first-order chi connectivity index (χ1) is 9.15. The van der Waals surface area contributed by atoms with Crippen LogP contribution in [-0.2, 0) is 4.79 Å². The van der Waals surface area contributed by atoms with Crippen molar-refractivity contribution >= 4 is 11.6 Å². The van der Waals surface area contributed by atoms with Crippen molar-refractivity contribution in [1.82, 2.24) is 0 Å². The number of hydrogen-bond donors (Lipinski definition) is 1. The van der Waals surface area contributed by atoms with Crippen LogP contribution in [0.1, 0.15) is 43.2 Å². The summed E-state index contributed by atoms with van der Waals surface area (Å²) >= 11 is 0. The monoisotopic (exact) mass is 257 g/mol. The summed E-state index contributed by atoms with van der Waals surface area (Å²) in [6.45, 7) is 4.08. The molecule has 1 saturated carbocycles. The second-order valence-corrected chi connectivity index (χ2v) is 5.56. The van der Waals surface area contributed by atoms with E-state index in [0.717, 1.165) is 11.3 Å². The summed E-state index contributed by atoms with van der Waals surface area (Å²) in [4.78, 5) is 11.9. The highest BCUT2D eigenvalue weighted by Crippen LogP contribution is 2.24. The highest BCUT2D eigenvalue weighted by atomic mass is 16.1. The molecule has 0 bridgehead atoms. The Balaban J connectivity index is 1.91. The van der Waals surface area contributed by atoms with Crippen molar-refractivity contribution in [3.63, 3.8) is 0 Å². The predicted octanol–water partition coefficient (Wildman–Crippen LogP) is 4.38. The van der Waals surface area contributed by atoms with E-state index in [2.05, 4.69) is 24.4 Å². The molecule has 2 nitrogen and oxygen atoms in total. The van der Waals surface area contributed by atoms with E-state index in [-0.39, 0.29) is 5.91 Å². The molecule has 2 heteroatoms. The van der Waals surface area contributed by atoms with E-state index in [1.165, 1.54) is 37.7 Å². The zero-order valence-corrected chi connectivity index (χ0v) is 11.9. The Labute approximate surface area is 115 Å². The van der Waals surface area contributed by atoms with Gasteiger partial charge in [0, 0.05) is 5.69 Å². The Kier molecular flexibility index (Phi) is 4.78. The van der Waals surface area contributed by atoms with E-state index in [1.54, 1.807) is 6.08 Å². The molecule has 1 N–H and O–H groups in total. The smallest absolute Gasteiger partial charge is 0.248 e. The fraction of sp³-hybridized carbons (Fsp3) is 0.471. The number of hydrogen-bond acceptors (Lipinski definition) is 1. The third-order valence-corrected chi connectivity index (χ3v) is 3.81. The Morgan fingerprint density at radius 3 is 2.63 bits per heavy atom. The molecule has 1 aliphatic carbocycles. The Bertz CT molecular complexity index is 470. The molecule has 0 unspecified atom stereocenters. The normalized spacial score (nSPS) is 16.7. The average molecular weight is 257 g/mol. The van der Waals surface area contributed by atoms with E-state index in [1.807, 2.05) is 19.1 Å². The van der Waals surface area contributed by atoms with Crippen molar-refractivity contribution < 1.29 is 4.79 Å². The number of anilines is 1. The van der Waals surface area contributed by atoms with Crippen LogP contribution in [-0.4, -0.2) is 5.91 Å². The highest BCUT2D eigenvalue weighted by molar-refractivity contribution is 5.99. The van der Waals surface area contributed by atoms with E-state index < -0.39 is 0 Å². The molecule has 0 heterocycles. The molecule has 0 atom stereocenters. The van der Waals surface area contributed by atoms with E-state index >= 15 is 0 Å². The van der Waals surface area contributed by atoms with Crippen molar-refractivity contribution in [2.75, 3.05) is 5.32 Å². The molecule has 1 amide bonds. The van der Waals surface area contributed by atoms with Gasteiger partial charge in [0.25, 0.3) is 0 Å². The number of carbonyl (C=O) groups excluding carboxylic acids is 1. The summed E-state index contributed by atoms with van der Waals surface area (Å²) in [6.07, 6.45) is 10.2. The zero-order chi connectivity index (χ0) is 13.7. The second kappa shape index (κ2) is 6.55. The third kappa shape index (κ3) is 4.23. The molecule has 0 aliphatic heterocycles. The maximum atomic E-state index is 11.9. The van der Waals surface area contributed by atoms with Gasteiger partial charge in [-0.1, -0.05) is 43.0 Å². The zero-order valence-electron chi connectivity index (χ0n) is 11.9. The van der Waals surface area contributed by atoms with Crippen LogP contribution >= 0.6 is 0 Å². The van der Waals surface area contributed by atoms with Crippen molar-refractivity contribution in [2.24, 2.45) is 5.92 Å². The van der Waals surface area contributed by atoms with Gasteiger partial charge >= 0.3 is 0 Å². The van der Waals surface area contributed by atoms with Gasteiger partial charge in [-0.2, -0.15) is 0 Å². The number of rotatable bonds is 3. The maximum absolute atomic E-state index is 11.9. The molecule has 0 radical (unpaired) electrons. The first-order valence-electron chi connectivity index (χ1n) is 7.21. The van der Waals surface area contributed by atoms with E-state index in [4.69, 9.17) is 0 Å². The molecular formula is C17H23NO. The van der Waals surface area contributed by atoms with Gasteiger partial charge in [-0.05, 0) is 50.3 Å². The van der Waals surface area contributed by atoms with Gasteiger partial charge in [0.2, 0.25) is 5.91 Å². The Hall–Kier alpha value is -1.57. The Morgan fingerprint density at radius 2 is 1.95 bits per heavy atom. The molecule has 1 aromatic carbocycles. The fourth-order valence-corrected chi connectivity index (χ4v) is 2.68. The second-order valence-electron chi connectivity index (χ2n) is 5.56. The number of carbonyl (C=O) groups is 1. The van der Waals surface area contributed by atoms with Crippen LogP contribution in [0.3, 0.4) is 0 Å². The number of aryl methyl sites for hydroxylation is 2. The number of benzene rings is 1. The summed E-state index contributed by atoms with van der Waals surface area (Å²) in [7, 11) is 0. The fourth-order valence-electron chi connectivity index (χ4n) is 2.68. The number of allylic oxidation sites excluding steroid dienone is 1. The minimum Gasteiger partial charge on any atom is -0.322 e. The number of amides is 1. The van der Waals surface area contributed by atoms with Crippen LogP contribution < -0.4 is 5.32 Å². The molecule has 19 heavy (non-hydrogen) atoms. The minimum absolute atomic E-state index is 0.0162. The summed E-state index contributed by atoms with van der Waals surface area (Å²) in [6, 6.07) is 6.07. The predicted molar refractivity (Wildman–Crippen MR) is 80.3 cm³/mol. The largest absolute Gasteiger partial charge is 0.322 e. The molecule has 102 valence electrons. The topological polar surface area (TPSA) is 29.1 Å². The number of nitrogens with one attached hydrogen (secondary N) is 1. The molecule has 2 rings (SSSR count). The summed E-state index contributed by atoms with van der Waals surface area (Å²) in [5.41, 5.74) is 3.23. The van der Waals surface area contributed by atoms with Crippen LogP contribution in [0.2, 0.25) is 0 Å². The lowest BCUT2D eigenvalue weighted by Gasteiger charge is -2.17. The van der Waals surface area contributed by atoms with E-state index in [9.17, 15) is 4.79 Å². The molecule has 1 aliphatic rings. The van der Waals surface area contributed by atoms with Crippen molar-refractivity contribution in [1.29, 1.82) is 0 Å².